The van der Waals surface area contributed by atoms with Crippen molar-refractivity contribution in [2.75, 3.05) is 0 Å². The molecule has 0 saturated heterocycles. The predicted octanol–water partition coefficient (Wildman–Crippen LogP) is 3.90. The van der Waals surface area contributed by atoms with Crippen LogP contribution in [0.15, 0.2) is 41.6 Å². The summed E-state index contributed by atoms with van der Waals surface area (Å²) >= 11 is 11.7. The lowest BCUT2D eigenvalue weighted by Crippen LogP contribution is -2.09. The number of hydrogen-bond acceptors (Lipinski definition) is 5. The van der Waals surface area contributed by atoms with E-state index in [9.17, 15) is 21.6 Å². The molecule has 0 bridgehead atoms. The second-order valence-corrected chi connectivity index (χ2v) is 7.31. The Kier molecular flexibility index (Phi) is 4.89. The van der Waals surface area contributed by atoms with E-state index < -0.39 is 27.1 Å². The third kappa shape index (κ3) is 4.05. The normalized spacial score (nSPS) is 12.4. The van der Waals surface area contributed by atoms with Crippen LogP contribution in [0.2, 0.25) is 10.0 Å². The molecule has 0 atom stereocenters. The van der Waals surface area contributed by atoms with Crippen LogP contribution in [0.3, 0.4) is 0 Å². The van der Waals surface area contributed by atoms with Gasteiger partial charge in [-0.3, -0.25) is 4.55 Å². The summed E-state index contributed by atoms with van der Waals surface area (Å²) in [4.78, 5) is 7.01. The van der Waals surface area contributed by atoms with Crippen molar-refractivity contribution < 1.29 is 26.1 Å². The third-order valence-corrected chi connectivity index (χ3v) is 4.78. The lowest BCUT2D eigenvalue weighted by molar-refractivity contribution is -0.144. The zero-order valence-electron chi connectivity index (χ0n) is 12.8. The van der Waals surface area contributed by atoms with Crippen molar-refractivity contribution in [3.63, 3.8) is 0 Å². The van der Waals surface area contributed by atoms with Crippen LogP contribution in [0.25, 0.3) is 17.1 Å². The molecule has 0 amide bonds. The van der Waals surface area contributed by atoms with Gasteiger partial charge in [-0.25, -0.2) is 14.6 Å². The van der Waals surface area contributed by atoms with Crippen LogP contribution in [-0.4, -0.2) is 32.7 Å². The summed E-state index contributed by atoms with van der Waals surface area (Å²) < 4.78 is 71.1. The van der Waals surface area contributed by atoms with E-state index in [0.717, 1.165) is 23.0 Å². The van der Waals surface area contributed by atoms with Gasteiger partial charge >= 0.3 is 16.3 Å². The highest BCUT2D eigenvalue weighted by molar-refractivity contribution is 7.85. The number of alkyl halides is 3. The summed E-state index contributed by atoms with van der Waals surface area (Å²) in [7, 11) is -4.56. The Bertz CT molecular complexity index is 1120. The first-order valence-corrected chi connectivity index (χ1v) is 9.10. The molecule has 0 fully saturated rings. The van der Waals surface area contributed by atoms with Crippen molar-refractivity contribution in [1.82, 2.24) is 19.7 Å². The quantitative estimate of drug-likeness (QED) is 0.622. The maximum absolute atomic E-state index is 13.1. The van der Waals surface area contributed by atoms with Crippen LogP contribution < -0.4 is 0 Å². The molecule has 0 spiro atoms. The minimum absolute atomic E-state index is 0.0218. The first kappa shape index (κ1) is 19.5. The second-order valence-electron chi connectivity index (χ2n) is 5.13. The van der Waals surface area contributed by atoms with E-state index in [0.29, 0.717) is 0 Å². The fourth-order valence-corrected chi connectivity index (χ4v) is 2.81. The Morgan fingerprint density at radius 3 is 2.30 bits per heavy atom. The molecule has 0 aliphatic rings. The number of nitrogens with zero attached hydrogens (tertiary/aromatic N) is 4. The monoisotopic (exact) mass is 438 g/mol. The van der Waals surface area contributed by atoms with Gasteiger partial charge in [0.25, 0.3) is 5.82 Å². The number of halogens is 5. The molecule has 0 saturated carbocycles. The molecule has 1 N–H and O–H groups in total. The van der Waals surface area contributed by atoms with E-state index in [-0.39, 0.29) is 27.1 Å². The van der Waals surface area contributed by atoms with Gasteiger partial charge in [-0.2, -0.15) is 21.6 Å². The highest BCUT2D eigenvalue weighted by Crippen LogP contribution is 2.32. The van der Waals surface area contributed by atoms with Gasteiger partial charge in [0, 0.05) is 5.56 Å². The molecule has 3 rings (SSSR count). The molecule has 2 heterocycles. The van der Waals surface area contributed by atoms with Crippen LogP contribution in [0.4, 0.5) is 13.2 Å². The zero-order valence-corrected chi connectivity index (χ0v) is 15.1. The van der Waals surface area contributed by atoms with E-state index in [4.69, 9.17) is 27.8 Å². The Hall–Kier alpha value is -2.21. The Balaban J connectivity index is 2.19. The molecule has 0 radical (unpaired) electrons. The lowest BCUT2D eigenvalue weighted by Gasteiger charge is -2.07. The van der Waals surface area contributed by atoms with Gasteiger partial charge in [-0.05, 0) is 30.3 Å². The van der Waals surface area contributed by atoms with Gasteiger partial charge < -0.3 is 0 Å². The van der Waals surface area contributed by atoms with Crippen LogP contribution in [-0.2, 0) is 16.3 Å². The van der Waals surface area contributed by atoms with Crippen molar-refractivity contribution in [1.29, 1.82) is 0 Å². The fourth-order valence-electron chi connectivity index (χ4n) is 2.08. The minimum Gasteiger partial charge on any atom is -0.281 e. The largest absolute Gasteiger partial charge is 0.453 e. The van der Waals surface area contributed by atoms with Crippen LogP contribution in [0.1, 0.15) is 5.82 Å². The summed E-state index contributed by atoms with van der Waals surface area (Å²) in [6.45, 7) is 0. The number of hydrogen-bond donors (Lipinski definition) is 1. The Morgan fingerprint density at radius 2 is 1.78 bits per heavy atom. The first-order valence-electron chi connectivity index (χ1n) is 6.90. The first-order chi connectivity index (χ1) is 12.5. The molecule has 1 aromatic carbocycles. The van der Waals surface area contributed by atoms with E-state index in [1.54, 1.807) is 0 Å². The Morgan fingerprint density at radius 1 is 1.07 bits per heavy atom. The molecule has 0 unspecified atom stereocenters. The molecule has 2 aromatic heterocycles. The van der Waals surface area contributed by atoms with Crippen molar-refractivity contribution in [3.05, 3.63) is 52.4 Å². The zero-order chi connectivity index (χ0) is 20.0. The lowest BCUT2D eigenvalue weighted by atomic mass is 10.2. The molecular weight excluding hydrogens is 432 g/mol. The van der Waals surface area contributed by atoms with Crippen LogP contribution in [0.5, 0.6) is 0 Å². The van der Waals surface area contributed by atoms with Crippen LogP contribution in [0, 0.1) is 0 Å². The van der Waals surface area contributed by atoms with E-state index >= 15 is 0 Å². The van der Waals surface area contributed by atoms with Crippen LogP contribution >= 0.6 is 23.2 Å². The molecular formula is C14H7Cl2F3N4O3S. The Labute approximate surface area is 160 Å². The molecule has 0 aliphatic carbocycles. The summed E-state index contributed by atoms with van der Waals surface area (Å²) in [5, 5.41) is 3.05. The standard InChI is InChI=1S/C14H7Cl2F3N4O3S/c15-9-3-1-7(5-10(9)16)12-21-13(14(17,18)19)22-23(12)8-2-4-11(20-6-8)27(24,25)26/h1-6H,(H,24,25,26). The average molecular weight is 439 g/mol. The molecule has 3 aromatic rings. The topological polar surface area (TPSA) is 98.0 Å². The number of pyridine rings is 1. The van der Waals surface area contributed by atoms with Gasteiger partial charge in [-0.15, -0.1) is 5.10 Å². The summed E-state index contributed by atoms with van der Waals surface area (Å²) in [5.74, 6) is -1.63. The third-order valence-electron chi connectivity index (χ3n) is 3.27. The fraction of sp³-hybridized carbons (Fsp3) is 0.0714. The highest BCUT2D eigenvalue weighted by Gasteiger charge is 2.37. The maximum atomic E-state index is 13.1. The summed E-state index contributed by atoms with van der Waals surface area (Å²) in [6.07, 6.45) is -3.89. The van der Waals surface area contributed by atoms with Gasteiger partial charge in [0.1, 0.15) is 0 Å². The second kappa shape index (κ2) is 6.75. The molecule has 27 heavy (non-hydrogen) atoms. The maximum Gasteiger partial charge on any atom is 0.453 e. The number of rotatable bonds is 3. The summed E-state index contributed by atoms with van der Waals surface area (Å²) in [6, 6.07) is 6.12. The van der Waals surface area contributed by atoms with Gasteiger partial charge in [-0.1, -0.05) is 23.2 Å². The van der Waals surface area contributed by atoms with Crippen molar-refractivity contribution in [2.45, 2.75) is 11.2 Å². The average Bonchev–Trinajstić information content (AvgIpc) is 3.02. The van der Waals surface area contributed by atoms with Gasteiger partial charge in [0.2, 0.25) is 0 Å². The SMILES string of the molecule is O=S(=O)(O)c1ccc(-n2nc(C(F)(F)F)nc2-c2ccc(Cl)c(Cl)c2)cn1. The van der Waals surface area contributed by atoms with E-state index in [1.807, 2.05) is 0 Å². The molecule has 142 valence electrons. The molecule has 0 aliphatic heterocycles. The van der Waals surface area contributed by atoms with Crippen molar-refractivity contribution >= 4 is 33.3 Å². The predicted molar refractivity (Wildman–Crippen MR) is 89.4 cm³/mol. The van der Waals surface area contributed by atoms with Gasteiger partial charge in [0.05, 0.1) is 21.9 Å². The van der Waals surface area contributed by atoms with Gasteiger partial charge in [0.15, 0.2) is 10.9 Å². The summed E-state index contributed by atoms with van der Waals surface area (Å²) in [5.41, 5.74) is 0.165. The van der Waals surface area contributed by atoms with E-state index in [2.05, 4.69) is 15.1 Å². The number of benzene rings is 1. The number of aromatic nitrogens is 4. The molecule has 13 heteroatoms. The molecule has 7 nitrogen and oxygen atoms in total. The van der Waals surface area contributed by atoms with Crippen molar-refractivity contribution in [2.24, 2.45) is 0 Å². The smallest absolute Gasteiger partial charge is 0.281 e. The van der Waals surface area contributed by atoms with E-state index in [1.165, 1.54) is 18.2 Å². The van der Waals surface area contributed by atoms with Crippen molar-refractivity contribution in [3.8, 4) is 17.1 Å². The highest BCUT2D eigenvalue weighted by atomic mass is 35.5. The minimum atomic E-state index is -4.82.